The van der Waals surface area contributed by atoms with Gasteiger partial charge in [0.05, 0.1) is 6.61 Å². The first-order valence-corrected chi connectivity index (χ1v) is 3.97. The maximum absolute atomic E-state index is 10.3. The number of primary amides is 1. The normalized spacial score (nSPS) is 23.0. The standard InChI is InChI=1S/C8H13NO4/c1-11-7(5-13-8(9)10)6-3-2-4-12-6/h2-3,6-7H,4-5H2,1H3,(H2,9,10)/t6-,7-/m0/s1. The fourth-order valence-corrected chi connectivity index (χ4v) is 1.10. The second-order valence-corrected chi connectivity index (χ2v) is 2.63. The first-order chi connectivity index (χ1) is 6.24. The van der Waals surface area contributed by atoms with Gasteiger partial charge in [0.15, 0.2) is 0 Å². The van der Waals surface area contributed by atoms with Gasteiger partial charge in [-0.05, 0) is 0 Å². The Balaban J connectivity index is 2.33. The lowest BCUT2D eigenvalue weighted by Gasteiger charge is -2.19. The van der Waals surface area contributed by atoms with E-state index in [1.54, 1.807) is 0 Å². The molecular formula is C8H13NO4. The second-order valence-electron chi connectivity index (χ2n) is 2.63. The molecule has 0 aliphatic carbocycles. The lowest BCUT2D eigenvalue weighted by molar-refractivity contribution is -0.0424. The molecule has 0 aromatic carbocycles. The van der Waals surface area contributed by atoms with Crippen molar-refractivity contribution in [1.82, 2.24) is 0 Å². The fraction of sp³-hybridized carbons (Fsp3) is 0.625. The Labute approximate surface area is 76.4 Å². The largest absolute Gasteiger partial charge is 0.447 e. The van der Waals surface area contributed by atoms with Crippen molar-refractivity contribution in [3.63, 3.8) is 0 Å². The Morgan fingerprint density at radius 1 is 1.85 bits per heavy atom. The molecule has 13 heavy (non-hydrogen) atoms. The molecule has 5 nitrogen and oxygen atoms in total. The van der Waals surface area contributed by atoms with Gasteiger partial charge >= 0.3 is 6.09 Å². The van der Waals surface area contributed by atoms with Crippen LogP contribution in [0.25, 0.3) is 0 Å². The first-order valence-electron chi connectivity index (χ1n) is 3.97. The third kappa shape index (κ3) is 3.04. The number of carbonyl (C=O) groups is 1. The number of methoxy groups -OCH3 is 1. The maximum atomic E-state index is 10.3. The zero-order valence-electron chi connectivity index (χ0n) is 7.43. The van der Waals surface area contributed by atoms with Crippen molar-refractivity contribution >= 4 is 6.09 Å². The zero-order valence-corrected chi connectivity index (χ0v) is 7.43. The van der Waals surface area contributed by atoms with Crippen molar-refractivity contribution in [3.8, 4) is 0 Å². The summed E-state index contributed by atoms with van der Waals surface area (Å²) in [5, 5.41) is 0. The molecule has 74 valence electrons. The first kappa shape index (κ1) is 10.0. The van der Waals surface area contributed by atoms with Gasteiger partial charge in [0.2, 0.25) is 0 Å². The number of amides is 1. The molecule has 0 unspecified atom stereocenters. The van der Waals surface area contributed by atoms with E-state index in [1.165, 1.54) is 7.11 Å². The van der Waals surface area contributed by atoms with E-state index in [9.17, 15) is 4.79 Å². The summed E-state index contributed by atoms with van der Waals surface area (Å²) in [6.45, 7) is 0.682. The van der Waals surface area contributed by atoms with Crippen LogP contribution in [0.2, 0.25) is 0 Å². The summed E-state index contributed by atoms with van der Waals surface area (Å²) in [6.07, 6.45) is 2.53. The van der Waals surface area contributed by atoms with Crippen molar-refractivity contribution in [2.75, 3.05) is 20.3 Å². The molecule has 2 atom stereocenters. The molecule has 1 aliphatic rings. The van der Waals surface area contributed by atoms with E-state index in [0.29, 0.717) is 6.61 Å². The Hall–Kier alpha value is -1.07. The van der Waals surface area contributed by atoms with Crippen LogP contribution in [0.4, 0.5) is 4.79 Å². The number of nitrogens with two attached hydrogens (primary N) is 1. The minimum atomic E-state index is -0.802. The van der Waals surface area contributed by atoms with Gasteiger partial charge < -0.3 is 19.9 Å². The summed E-state index contributed by atoms with van der Waals surface area (Å²) in [6, 6.07) is 0. The summed E-state index contributed by atoms with van der Waals surface area (Å²) < 4.78 is 15.0. The lowest BCUT2D eigenvalue weighted by atomic mass is 10.2. The summed E-state index contributed by atoms with van der Waals surface area (Å²) in [5.74, 6) is 0. The molecule has 2 N–H and O–H groups in total. The van der Waals surface area contributed by atoms with Gasteiger partial charge in [-0.25, -0.2) is 4.79 Å². The van der Waals surface area contributed by atoms with Crippen LogP contribution in [0.5, 0.6) is 0 Å². The van der Waals surface area contributed by atoms with E-state index in [4.69, 9.17) is 15.2 Å². The lowest BCUT2D eigenvalue weighted by Crippen LogP contribution is -2.33. The Morgan fingerprint density at radius 3 is 3.08 bits per heavy atom. The quantitative estimate of drug-likeness (QED) is 0.631. The van der Waals surface area contributed by atoms with Crippen LogP contribution < -0.4 is 5.73 Å². The number of rotatable bonds is 4. The van der Waals surface area contributed by atoms with E-state index in [-0.39, 0.29) is 18.8 Å². The SMILES string of the molecule is CO[C@@H](COC(N)=O)[C@@H]1C=CCO1. The summed E-state index contributed by atoms with van der Waals surface area (Å²) in [4.78, 5) is 10.3. The molecule has 0 bridgehead atoms. The number of ether oxygens (including phenoxy) is 3. The summed E-state index contributed by atoms with van der Waals surface area (Å²) in [5.41, 5.74) is 4.82. The number of hydrogen-bond acceptors (Lipinski definition) is 4. The average molecular weight is 187 g/mol. The molecule has 1 heterocycles. The third-order valence-electron chi connectivity index (χ3n) is 1.77. The zero-order chi connectivity index (χ0) is 9.68. The van der Waals surface area contributed by atoms with Crippen molar-refractivity contribution in [2.24, 2.45) is 5.73 Å². The van der Waals surface area contributed by atoms with Crippen LogP contribution >= 0.6 is 0 Å². The Kier molecular flexibility index (Phi) is 3.72. The Morgan fingerprint density at radius 2 is 2.62 bits per heavy atom. The molecule has 0 spiro atoms. The molecule has 1 rings (SSSR count). The van der Waals surface area contributed by atoms with Crippen LogP contribution in [0.3, 0.4) is 0 Å². The van der Waals surface area contributed by atoms with E-state index < -0.39 is 6.09 Å². The van der Waals surface area contributed by atoms with Gasteiger partial charge in [0.1, 0.15) is 18.8 Å². The van der Waals surface area contributed by atoms with Crippen LogP contribution in [-0.2, 0) is 14.2 Å². The highest BCUT2D eigenvalue weighted by Gasteiger charge is 2.23. The van der Waals surface area contributed by atoms with Gasteiger partial charge in [-0.15, -0.1) is 0 Å². The Bertz CT molecular complexity index is 204. The molecule has 1 aliphatic heterocycles. The molecule has 5 heteroatoms. The number of hydrogen-bond donors (Lipinski definition) is 1. The second kappa shape index (κ2) is 4.84. The van der Waals surface area contributed by atoms with E-state index in [2.05, 4.69) is 4.74 Å². The van der Waals surface area contributed by atoms with Crippen LogP contribution in [0.1, 0.15) is 0 Å². The maximum Gasteiger partial charge on any atom is 0.404 e. The van der Waals surface area contributed by atoms with Crippen LogP contribution in [0, 0.1) is 0 Å². The molecule has 1 amide bonds. The van der Waals surface area contributed by atoms with E-state index in [0.717, 1.165) is 0 Å². The topological polar surface area (TPSA) is 70.8 Å². The van der Waals surface area contributed by atoms with Crippen LogP contribution in [0.15, 0.2) is 12.2 Å². The van der Waals surface area contributed by atoms with E-state index in [1.807, 2.05) is 12.2 Å². The van der Waals surface area contributed by atoms with Crippen molar-refractivity contribution < 1.29 is 19.0 Å². The fourth-order valence-electron chi connectivity index (χ4n) is 1.10. The van der Waals surface area contributed by atoms with Gasteiger partial charge in [-0.1, -0.05) is 12.2 Å². The minimum absolute atomic E-state index is 0.112. The van der Waals surface area contributed by atoms with E-state index >= 15 is 0 Å². The molecule has 0 saturated heterocycles. The van der Waals surface area contributed by atoms with Gasteiger partial charge in [0.25, 0.3) is 0 Å². The third-order valence-corrected chi connectivity index (χ3v) is 1.77. The highest BCUT2D eigenvalue weighted by molar-refractivity contribution is 5.64. The molecule has 0 saturated carbocycles. The predicted octanol–water partition coefficient (Wildman–Crippen LogP) is 0.0517. The van der Waals surface area contributed by atoms with Gasteiger partial charge in [-0.3, -0.25) is 0 Å². The van der Waals surface area contributed by atoms with Crippen molar-refractivity contribution in [2.45, 2.75) is 12.2 Å². The van der Waals surface area contributed by atoms with Gasteiger partial charge in [-0.2, -0.15) is 0 Å². The molecule has 0 aromatic heterocycles. The molecule has 0 aromatic rings. The smallest absolute Gasteiger partial charge is 0.404 e. The van der Waals surface area contributed by atoms with Gasteiger partial charge in [0, 0.05) is 7.11 Å². The van der Waals surface area contributed by atoms with Crippen molar-refractivity contribution in [1.29, 1.82) is 0 Å². The number of carbonyl (C=O) groups excluding carboxylic acids is 1. The summed E-state index contributed by atoms with van der Waals surface area (Å²) >= 11 is 0. The average Bonchev–Trinajstić information content (AvgIpc) is 2.58. The highest BCUT2D eigenvalue weighted by atomic mass is 16.6. The molecule has 0 fully saturated rings. The van der Waals surface area contributed by atoms with Crippen LogP contribution in [-0.4, -0.2) is 38.6 Å². The monoisotopic (exact) mass is 187 g/mol. The summed E-state index contributed by atoms with van der Waals surface area (Å²) in [7, 11) is 1.53. The van der Waals surface area contributed by atoms with Crippen molar-refractivity contribution in [3.05, 3.63) is 12.2 Å². The highest BCUT2D eigenvalue weighted by Crippen LogP contribution is 2.11. The minimum Gasteiger partial charge on any atom is -0.447 e. The predicted molar refractivity (Wildman–Crippen MR) is 45.2 cm³/mol. The molecule has 0 radical (unpaired) electrons. The molecular weight excluding hydrogens is 174 g/mol.